The molecule has 0 bridgehead atoms. The number of rotatable bonds is 5. The van der Waals surface area contributed by atoms with E-state index >= 15 is 0 Å². The van der Waals surface area contributed by atoms with E-state index < -0.39 is 10.0 Å². The Balaban J connectivity index is 2.02. The lowest BCUT2D eigenvalue weighted by molar-refractivity contribution is 0.122. The van der Waals surface area contributed by atoms with Crippen LogP contribution in [0, 0.1) is 0 Å². The quantitative estimate of drug-likeness (QED) is 0.772. The van der Waals surface area contributed by atoms with Crippen LogP contribution in [0.4, 0.5) is 11.4 Å². The van der Waals surface area contributed by atoms with Gasteiger partial charge in [0.25, 0.3) is 0 Å². The van der Waals surface area contributed by atoms with Gasteiger partial charge < -0.3 is 15.4 Å². The summed E-state index contributed by atoms with van der Waals surface area (Å²) in [6, 6.07) is 7.21. The number of sulfonamides is 1. The predicted molar refractivity (Wildman–Crippen MR) is 83.7 cm³/mol. The molecule has 3 N–H and O–H groups in total. The van der Waals surface area contributed by atoms with Gasteiger partial charge in [0, 0.05) is 24.5 Å². The summed E-state index contributed by atoms with van der Waals surface area (Å²) < 4.78 is 31.1. The molecule has 0 aromatic heterocycles. The number of nitrogens with two attached hydrogens (primary N) is 1. The van der Waals surface area contributed by atoms with Gasteiger partial charge in [-0.25, -0.2) is 8.42 Å². The van der Waals surface area contributed by atoms with Crippen LogP contribution < -0.4 is 15.4 Å². The average molecular weight is 315 g/mol. The first-order valence-electron chi connectivity index (χ1n) is 6.18. The molecule has 1 aromatic carbocycles. The normalized spacial score (nSPS) is 15.9. The smallest absolute Gasteiger partial charge is 0.239 e. The van der Waals surface area contributed by atoms with Crippen molar-refractivity contribution in [2.24, 2.45) is 5.73 Å². The van der Waals surface area contributed by atoms with E-state index in [1.165, 1.54) is 0 Å². The van der Waals surface area contributed by atoms with Gasteiger partial charge in [-0.15, -0.1) is 0 Å². The van der Waals surface area contributed by atoms with Gasteiger partial charge in [0.2, 0.25) is 10.0 Å². The van der Waals surface area contributed by atoms with Crippen LogP contribution in [0.5, 0.6) is 0 Å². The molecular formula is C12H17N3O3S2. The van der Waals surface area contributed by atoms with Crippen molar-refractivity contribution in [2.75, 3.05) is 41.7 Å². The average Bonchev–Trinajstić information content (AvgIpc) is 2.38. The number of anilines is 2. The number of nitrogens with zero attached hydrogens (tertiary/aromatic N) is 1. The van der Waals surface area contributed by atoms with E-state index in [0.29, 0.717) is 18.9 Å². The third kappa shape index (κ3) is 4.32. The Morgan fingerprint density at radius 2 is 1.90 bits per heavy atom. The van der Waals surface area contributed by atoms with Crippen LogP contribution in [0.25, 0.3) is 0 Å². The number of hydrogen-bond donors (Lipinski definition) is 2. The van der Waals surface area contributed by atoms with Crippen LogP contribution in [0.3, 0.4) is 0 Å². The first-order valence-corrected chi connectivity index (χ1v) is 8.24. The lowest BCUT2D eigenvalue weighted by Gasteiger charge is -2.28. The third-order valence-electron chi connectivity index (χ3n) is 2.85. The van der Waals surface area contributed by atoms with E-state index in [9.17, 15) is 8.42 Å². The standard InChI is InChI=1S/C12H17N3O3S2/c13-12(19)9-20(16,17)14-10-1-3-11(4-2-10)15-5-7-18-8-6-15/h1-4,14H,5-9H2,(H2,13,19). The van der Waals surface area contributed by atoms with Crippen molar-refractivity contribution in [1.29, 1.82) is 0 Å². The van der Waals surface area contributed by atoms with Crippen molar-refractivity contribution in [3.63, 3.8) is 0 Å². The van der Waals surface area contributed by atoms with E-state index in [0.717, 1.165) is 18.8 Å². The lowest BCUT2D eigenvalue weighted by atomic mass is 10.2. The molecular weight excluding hydrogens is 298 g/mol. The minimum atomic E-state index is -3.52. The number of morpholine rings is 1. The van der Waals surface area contributed by atoms with Crippen molar-refractivity contribution in [3.8, 4) is 0 Å². The molecule has 0 amide bonds. The summed E-state index contributed by atoms with van der Waals surface area (Å²) in [6.07, 6.45) is 0. The highest BCUT2D eigenvalue weighted by Gasteiger charge is 2.13. The summed E-state index contributed by atoms with van der Waals surface area (Å²) >= 11 is 4.61. The van der Waals surface area contributed by atoms with Crippen LogP contribution in [0.1, 0.15) is 0 Å². The second-order valence-electron chi connectivity index (χ2n) is 4.47. The van der Waals surface area contributed by atoms with Crippen molar-refractivity contribution in [1.82, 2.24) is 0 Å². The van der Waals surface area contributed by atoms with Crippen molar-refractivity contribution >= 4 is 38.6 Å². The van der Waals surface area contributed by atoms with Crippen LogP contribution in [0.2, 0.25) is 0 Å². The van der Waals surface area contributed by atoms with Crippen LogP contribution in [-0.4, -0.2) is 45.5 Å². The number of hydrogen-bond acceptors (Lipinski definition) is 5. The second kappa shape index (κ2) is 6.38. The Kier molecular flexibility index (Phi) is 4.79. The van der Waals surface area contributed by atoms with Gasteiger partial charge in [0.15, 0.2) is 0 Å². The molecule has 110 valence electrons. The molecule has 6 nitrogen and oxygen atoms in total. The van der Waals surface area contributed by atoms with Gasteiger partial charge in [-0.2, -0.15) is 0 Å². The fraction of sp³-hybridized carbons (Fsp3) is 0.417. The SMILES string of the molecule is NC(=S)CS(=O)(=O)Nc1ccc(N2CCOCC2)cc1. The Labute approximate surface area is 123 Å². The first-order chi connectivity index (χ1) is 9.46. The van der Waals surface area contributed by atoms with E-state index in [4.69, 9.17) is 10.5 Å². The van der Waals surface area contributed by atoms with Gasteiger partial charge in [-0.05, 0) is 24.3 Å². The summed E-state index contributed by atoms with van der Waals surface area (Å²) in [5.74, 6) is -0.354. The monoisotopic (exact) mass is 315 g/mol. The van der Waals surface area contributed by atoms with Crippen molar-refractivity contribution in [2.45, 2.75) is 0 Å². The summed E-state index contributed by atoms with van der Waals surface area (Å²) in [7, 11) is -3.52. The van der Waals surface area contributed by atoms with Crippen LogP contribution in [-0.2, 0) is 14.8 Å². The Hall–Kier alpha value is -1.38. The number of nitrogens with one attached hydrogen (secondary N) is 1. The fourth-order valence-corrected chi connectivity index (χ4v) is 3.37. The van der Waals surface area contributed by atoms with Crippen LogP contribution >= 0.6 is 12.2 Å². The van der Waals surface area contributed by atoms with Gasteiger partial charge in [-0.3, -0.25) is 4.72 Å². The minimum absolute atomic E-state index is 0.0533. The molecule has 0 radical (unpaired) electrons. The van der Waals surface area contributed by atoms with Crippen LogP contribution in [0.15, 0.2) is 24.3 Å². The summed E-state index contributed by atoms with van der Waals surface area (Å²) in [5, 5.41) is 0. The molecule has 2 rings (SSSR count). The topological polar surface area (TPSA) is 84.7 Å². The highest BCUT2D eigenvalue weighted by Crippen LogP contribution is 2.19. The molecule has 0 atom stereocenters. The predicted octanol–water partition coefficient (Wildman–Crippen LogP) is 0.551. The molecule has 0 aliphatic carbocycles. The molecule has 1 aliphatic heterocycles. The number of thiocarbonyl (C=S) groups is 1. The molecule has 20 heavy (non-hydrogen) atoms. The maximum atomic E-state index is 11.7. The molecule has 1 aromatic rings. The van der Waals surface area contributed by atoms with Gasteiger partial charge in [-0.1, -0.05) is 12.2 Å². The first kappa shape index (κ1) is 15.0. The van der Waals surface area contributed by atoms with Gasteiger partial charge in [0.05, 0.1) is 18.2 Å². The zero-order valence-electron chi connectivity index (χ0n) is 10.9. The summed E-state index contributed by atoms with van der Waals surface area (Å²) in [5.41, 5.74) is 6.79. The molecule has 1 fully saturated rings. The molecule has 8 heteroatoms. The van der Waals surface area contributed by atoms with Gasteiger partial charge >= 0.3 is 0 Å². The zero-order valence-corrected chi connectivity index (χ0v) is 12.5. The maximum Gasteiger partial charge on any atom is 0.239 e. The molecule has 1 heterocycles. The Morgan fingerprint density at radius 1 is 1.30 bits per heavy atom. The minimum Gasteiger partial charge on any atom is -0.392 e. The van der Waals surface area contributed by atoms with Gasteiger partial charge in [0.1, 0.15) is 5.75 Å². The third-order valence-corrected chi connectivity index (χ3v) is 4.41. The molecule has 0 unspecified atom stereocenters. The zero-order chi connectivity index (χ0) is 14.6. The van der Waals surface area contributed by atoms with E-state index in [1.807, 2.05) is 12.1 Å². The molecule has 1 aliphatic rings. The highest BCUT2D eigenvalue weighted by molar-refractivity contribution is 7.95. The highest BCUT2D eigenvalue weighted by atomic mass is 32.2. The second-order valence-corrected chi connectivity index (χ2v) is 6.72. The largest absolute Gasteiger partial charge is 0.392 e. The summed E-state index contributed by atoms with van der Waals surface area (Å²) in [6.45, 7) is 3.10. The van der Waals surface area contributed by atoms with Crippen molar-refractivity contribution in [3.05, 3.63) is 24.3 Å². The molecule has 1 saturated heterocycles. The van der Waals surface area contributed by atoms with Crippen molar-refractivity contribution < 1.29 is 13.2 Å². The molecule has 0 saturated carbocycles. The lowest BCUT2D eigenvalue weighted by Crippen LogP contribution is -2.36. The fourth-order valence-electron chi connectivity index (χ4n) is 1.96. The van der Waals surface area contributed by atoms with E-state index in [1.54, 1.807) is 12.1 Å². The maximum absolute atomic E-state index is 11.7. The van der Waals surface area contributed by atoms with E-state index in [-0.39, 0.29) is 10.7 Å². The Morgan fingerprint density at radius 3 is 2.45 bits per heavy atom. The molecule has 0 spiro atoms. The summed E-state index contributed by atoms with van der Waals surface area (Å²) in [4.78, 5) is 2.14. The number of benzene rings is 1. The Bertz CT molecular complexity index is 566. The number of ether oxygens (including phenoxy) is 1. The van der Waals surface area contributed by atoms with E-state index in [2.05, 4.69) is 21.8 Å².